The van der Waals surface area contributed by atoms with Gasteiger partial charge >= 0.3 is 6.03 Å². The predicted molar refractivity (Wildman–Crippen MR) is 120 cm³/mol. The second-order valence-corrected chi connectivity index (χ2v) is 7.45. The molecule has 7 heteroatoms. The Labute approximate surface area is 174 Å². The van der Waals surface area contributed by atoms with E-state index in [0.29, 0.717) is 22.8 Å². The van der Waals surface area contributed by atoms with Crippen molar-refractivity contribution in [2.75, 3.05) is 35.7 Å². The smallest absolute Gasteiger partial charge is 0.319 e. The topological polar surface area (TPSA) is 73.5 Å². The number of hydrogen-bond donors (Lipinski definition) is 3. The maximum Gasteiger partial charge on any atom is 0.319 e. The number of rotatable bonds is 8. The fraction of sp³-hybridized carbons (Fsp3) is 0.182. The number of amides is 3. The summed E-state index contributed by atoms with van der Waals surface area (Å²) in [6.07, 6.45) is 0.829. The van der Waals surface area contributed by atoms with Crippen LogP contribution in [-0.4, -0.2) is 32.1 Å². The third kappa shape index (κ3) is 6.36. The lowest BCUT2D eigenvalue weighted by Gasteiger charge is -2.19. The first-order valence-electron chi connectivity index (χ1n) is 9.38. The lowest BCUT2D eigenvalue weighted by atomic mass is 10.2. The third-order valence-electron chi connectivity index (χ3n) is 4.28. The molecule has 2 aromatic carbocycles. The minimum atomic E-state index is -0.269. The molecule has 0 radical (unpaired) electrons. The van der Waals surface area contributed by atoms with Crippen molar-refractivity contribution in [3.63, 3.8) is 0 Å². The van der Waals surface area contributed by atoms with Crippen molar-refractivity contribution in [3.05, 3.63) is 77.0 Å². The van der Waals surface area contributed by atoms with E-state index < -0.39 is 0 Å². The quantitative estimate of drug-likeness (QED) is 0.475. The van der Waals surface area contributed by atoms with Gasteiger partial charge in [-0.3, -0.25) is 4.79 Å². The summed E-state index contributed by atoms with van der Waals surface area (Å²) in [6.45, 7) is 1.41. The molecular weight excluding hydrogens is 384 g/mol. The molecule has 1 heterocycles. The first-order chi connectivity index (χ1) is 14.1. The Morgan fingerprint density at radius 3 is 2.41 bits per heavy atom. The van der Waals surface area contributed by atoms with Crippen LogP contribution in [-0.2, 0) is 0 Å². The summed E-state index contributed by atoms with van der Waals surface area (Å²) in [5, 5.41) is 10.3. The zero-order valence-corrected chi connectivity index (χ0v) is 17.0. The number of carbonyl (C=O) groups excluding carboxylic acids is 2. The largest absolute Gasteiger partial charge is 0.375 e. The summed E-state index contributed by atoms with van der Waals surface area (Å²) in [6, 6.07) is 20.5. The zero-order valence-electron chi connectivity index (χ0n) is 16.2. The van der Waals surface area contributed by atoms with Crippen LogP contribution in [0.2, 0.25) is 0 Å². The van der Waals surface area contributed by atoms with Crippen LogP contribution in [0.1, 0.15) is 16.1 Å². The maximum absolute atomic E-state index is 12.1. The Balaban J connectivity index is 1.41. The van der Waals surface area contributed by atoms with Crippen molar-refractivity contribution in [1.29, 1.82) is 0 Å². The van der Waals surface area contributed by atoms with Gasteiger partial charge in [0, 0.05) is 37.2 Å². The van der Waals surface area contributed by atoms with E-state index in [1.165, 1.54) is 11.3 Å². The Hall–Kier alpha value is -3.32. The number of nitrogens with one attached hydrogen (secondary N) is 3. The van der Waals surface area contributed by atoms with Crippen LogP contribution in [0.15, 0.2) is 72.1 Å². The lowest BCUT2D eigenvalue weighted by molar-refractivity contribution is 0.103. The summed E-state index contributed by atoms with van der Waals surface area (Å²) in [5.74, 6) is -0.163. The van der Waals surface area contributed by atoms with Crippen molar-refractivity contribution in [2.45, 2.75) is 6.42 Å². The molecule has 0 bridgehead atoms. The highest BCUT2D eigenvalue weighted by Gasteiger charge is 2.08. The number of para-hydroxylation sites is 1. The first kappa shape index (κ1) is 20.4. The number of benzene rings is 2. The van der Waals surface area contributed by atoms with E-state index in [-0.39, 0.29) is 11.9 Å². The molecule has 0 spiro atoms. The van der Waals surface area contributed by atoms with E-state index in [2.05, 4.69) is 33.0 Å². The van der Waals surface area contributed by atoms with Gasteiger partial charge in [0.15, 0.2) is 0 Å². The normalized spacial score (nSPS) is 10.2. The molecule has 0 saturated heterocycles. The molecular formula is C22H24N4O2S. The SMILES string of the molecule is CN(CCCNC(=O)Nc1cccc(NC(=O)c2cccs2)c1)c1ccccc1. The molecule has 3 N–H and O–H groups in total. The molecule has 0 fully saturated rings. The van der Waals surface area contributed by atoms with E-state index in [4.69, 9.17) is 0 Å². The fourth-order valence-corrected chi connectivity index (χ4v) is 3.40. The average Bonchev–Trinajstić information content (AvgIpc) is 3.27. The van der Waals surface area contributed by atoms with Crippen molar-refractivity contribution >= 4 is 40.3 Å². The number of urea groups is 1. The summed E-state index contributed by atoms with van der Waals surface area (Å²) in [7, 11) is 2.03. The molecule has 3 amide bonds. The Bertz CT molecular complexity index is 929. The molecule has 0 saturated carbocycles. The van der Waals surface area contributed by atoms with Gasteiger partial charge in [0.05, 0.1) is 4.88 Å². The van der Waals surface area contributed by atoms with Crippen LogP contribution in [0.4, 0.5) is 21.9 Å². The molecule has 0 unspecified atom stereocenters. The Morgan fingerprint density at radius 2 is 1.69 bits per heavy atom. The summed E-state index contributed by atoms with van der Waals surface area (Å²) >= 11 is 1.38. The highest BCUT2D eigenvalue weighted by atomic mass is 32.1. The number of carbonyl (C=O) groups is 2. The highest BCUT2D eigenvalue weighted by molar-refractivity contribution is 7.12. The molecule has 0 aliphatic rings. The van der Waals surface area contributed by atoms with Gasteiger partial charge in [0.25, 0.3) is 5.91 Å². The van der Waals surface area contributed by atoms with Crippen molar-refractivity contribution in [2.24, 2.45) is 0 Å². The first-order valence-corrected chi connectivity index (χ1v) is 10.3. The van der Waals surface area contributed by atoms with Gasteiger partial charge in [-0.25, -0.2) is 4.79 Å². The Morgan fingerprint density at radius 1 is 0.931 bits per heavy atom. The van der Waals surface area contributed by atoms with Gasteiger partial charge in [0.1, 0.15) is 0 Å². The van der Waals surface area contributed by atoms with Crippen molar-refractivity contribution in [3.8, 4) is 0 Å². The van der Waals surface area contributed by atoms with E-state index in [1.54, 1.807) is 30.3 Å². The van der Waals surface area contributed by atoms with E-state index in [0.717, 1.165) is 18.7 Å². The van der Waals surface area contributed by atoms with Crippen molar-refractivity contribution < 1.29 is 9.59 Å². The van der Waals surface area contributed by atoms with Crippen LogP contribution in [0.3, 0.4) is 0 Å². The van der Waals surface area contributed by atoms with E-state index in [9.17, 15) is 9.59 Å². The predicted octanol–water partition coefficient (Wildman–Crippen LogP) is 4.65. The molecule has 0 aliphatic heterocycles. The number of hydrogen-bond acceptors (Lipinski definition) is 4. The molecule has 29 heavy (non-hydrogen) atoms. The third-order valence-corrected chi connectivity index (χ3v) is 5.14. The van der Waals surface area contributed by atoms with Gasteiger partial charge < -0.3 is 20.9 Å². The molecule has 1 aromatic heterocycles. The molecule has 0 atom stereocenters. The molecule has 3 rings (SSSR count). The monoisotopic (exact) mass is 408 g/mol. The van der Waals surface area contributed by atoms with Crippen LogP contribution < -0.4 is 20.9 Å². The second kappa shape index (κ2) is 10.3. The van der Waals surface area contributed by atoms with E-state index >= 15 is 0 Å². The molecule has 6 nitrogen and oxygen atoms in total. The average molecular weight is 409 g/mol. The van der Waals surface area contributed by atoms with Gasteiger partial charge in [-0.1, -0.05) is 30.3 Å². The van der Waals surface area contributed by atoms with Gasteiger partial charge in [-0.2, -0.15) is 0 Å². The minimum absolute atomic E-state index is 0.163. The molecule has 3 aromatic rings. The summed E-state index contributed by atoms with van der Waals surface area (Å²) < 4.78 is 0. The molecule has 0 aliphatic carbocycles. The Kier molecular flexibility index (Phi) is 7.24. The number of anilines is 3. The van der Waals surface area contributed by atoms with E-state index in [1.807, 2.05) is 36.7 Å². The van der Waals surface area contributed by atoms with Crippen molar-refractivity contribution in [1.82, 2.24) is 5.32 Å². The summed E-state index contributed by atoms with van der Waals surface area (Å²) in [5.41, 5.74) is 2.40. The maximum atomic E-state index is 12.1. The van der Waals surface area contributed by atoms with Crippen LogP contribution in [0, 0.1) is 0 Å². The number of thiophene rings is 1. The lowest BCUT2D eigenvalue weighted by Crippen LogP contribution is -2.31. The van der Waals surface area contributed by atoms with Crippen LogP contribution >= 0.6 is 11.3 Å². The minimum Gasteiger partial charge on any atom is -0.375 e. The fourth-order valence-electron chi connectivity index (χ4n) is 2.78. The van der Waals surface area contributed by atoms with Gasteiger partial charge in [-0.05, 0) is 48.2 Å². The highest BCUT2D eigenvalue weighted by Crippen LogP contribution is 2.17. The van der Waals surface area contributed by atoms with Gasteiger partial charge in [0.2, 0.25) is 0 Å². The standard InChI is InChI=1S/C22H24N4O2S/c1-26(19-10-3-2-4-11-19)14-7-13-23-22(28)25-18-9-5-8-17(16-18)24-21(27)20-12-6-15-29-20/h2-6,8-12,15-16H,7,13-14H2,1H3,(H,24,27)(H2,23,25,28). The summed E-state index contributed by atoms with van der Waals surface area (Å²) in [4.78, 5) is 27.1. The molecule has 150 valence electrons. The van der Waals surface area contributed by atoms with Crippen LogP contribution in [0.25, 0.3) is 0 Å². The van der Waals surface area contributed by atoms with Crippen LogP contribution in [0.5, 0.6) is 0 Å². The van der Waals surface area contributed by atoms with Gasteiger partial charge in [-0.15, -0.1) is 11.3 Å². The number of nitrogens with zero attached hydrogens (tertiary/aromatic N) is 1. The second-order valence-electron chi connectivity index (χ2n) is 6.50. The zero-order chi connectivity index (χ0) is 20.5.